The molecule has 5 atom stereocenters. The molecule has 0 saturated carbocycles. The van der Waals surface area contributed by atoms with E-state index >= 15 is 0 Å². The van der Waals surface area contributed by atoms with Gasteiger partial charge in [0.1, 0.15) is 28.8 Å². The van der Waals surface area contributed by atoms with Crippen molar-refractivity contribution >= 4 is 43.6 Å². The number of carbonyl (C=O) groups excluding carboxylic acids is 3. The van der Waals surface area contributed by atoms with Gasteiger partial charge in [-0.3, -0.25) is 18.6 Å². The van der Waals surface area contributed by atoms with Gasteiger partial charge in [0.2, 0.25) is 0 Å². The molecule has 0 spiro atoms. The Bertz CT molecular complexity index is 880. The van der Waals surface area contributed by atoms with E-state index in [1.807, 2.05) is 6.92 Å². The van der Waals surface area contributed by atoms with Crippen molar-refractivity contribution in [2.75, 3.05) is 6.61 Å². The molecule has 1 aliphatic rings. The van der Waals surface area contributed by atoms with Gasteiger partial charge in [-0.15, -0.1) is 0 Å². The van der Waals surface area contributed by atoms with Crippen LogP contribution in [0.3, 0.4) is 0 Å². The van der Waals surface area contributed by atoms with Crippen LogP contribution in [-0.2, 0) is 38.2 Å². The van der Waals surface area contributed by atoms with Crippen LogP contribution >= 0.6 is 15.9 Å². The predicted octanol–water partition coefficient (Wildman–Crippen LogP) is 2.16. The van der Waals surface area contributed by atoms with Crippen molar-refractivity contribution in [3.8, 4) is 0 Å². The van der Waals surface area contributed by atoms with Crippen LogP contribution < -0.4 is 0 Å². The van der Waals surface area contributed by atoms with E-state index < -0.39 is 51.8 Å². The Morgan fingerprint density at radius 2 is 1.59 bits per heavy atom. The van der Waals surface area contributed by atoms with Gasteiger partial charge in [0, 0.05) is 6.92 Å². The summed E-state index contributed by atoms with van der Waals surface area (Å²) in [4.78, 5) is 35.9. The minimum absolute atomic E-state index is 0.0388. The van der Waals surface area contributed by atoms with E-state index in [9.17, 15) is 22.8 Å². The first-order valence-electron chi connectivity index (χ1n) is 8.87. The van der Waals surface area contributed by atoms with Crippen LogP contribution in [0.2, 0.25) is 0 Å². The second-order valence-electron chi connectivity index (χ2n) is 6.92. The first-order chi connectivity index (χ1) is 13.4. The normalized spacial score (nSPS) is 27.3. The first kappa shape index (κ1) is 23.7. The van der Waals surface area contributed by atoms with Crippen LogP contribution in [0.1, 0.15) is 26.3 Å². The van der Waals surface area contributed by atoms with E-state index in [2.05, 4.69) is 15.9 Å². The molecule has 1 saturated heterocycles. The number of alkyl halides is 1. The highest BCUT2D eigenvalue weighted by Gasteiger charge is 2.51. The maximum absolute atomic E-state index is 12.5. The summed E-state index contributed by atoms with van der Waals surface area (Å²) in [6.07, 6.45) is -2.24. The van der Waals surface area contributed by atoms with Gasteiger partial charge < -0.3 is 9.47 Å². The fraction of sp³-hybridized carbons (Fsp3) is 0.526. The summed E-state index contributed by atoms with van der Waals surface area (Å²) in [7, 11) is -4.10. The lowest BCUT2D eigenvalue weighted by atomic mass is 9.78. The van der Waals surface area contributed by atoms with Crippen LogP contribution in [0.4, 0.5) is 0 Å². The maximum atomic E-state index is 12.5. The van der Waals surface area contributed by atoms with Gasteiger partial charge in [-0.25, -0.2) is 0 Å². The van der Waals surface area contributed by atoms with E-state index in [4.69, 9.17) is 13.7 Å². The molecule has 1 aliphatic heterocycles. The molecule has 2 rings (SSSR count). The number of halogens is 1. The van der Waals surface area contributed by atoms with E-state index in [-0.39, 0.29) is 16.5 Å². The summed E-state index contributed by atoms with van der Waals surface area (Å²) >= 11 is 3.23. The molecule has 29 heavy (non-hydrogen) atoms. The highest BCUT2D eigenvalue weighted by Crippen LogP contribution is 2.37. The number of carbonyl (C=O) groups is 3. The SMILES string of the molecule is CC(=O)O[C@@H]1[C@H](C(C)=O)[C@@H](C(C)=O)[C@@H](Br)O[C@@H]1COS(=O)(=O)c1ccc(C)cc1. The van der Waals surface area contributed by atoms with Gasteiger partial charge >= 0.3 is 5.97 Å². The zero-order chi connectivity index (χ0) is 21.9. The van der Waals surface area contributed by atoms with E-state index in [1.54, 1.807) is 12.1 Å². The van der Waals surface area contributed by atoms with Crippen molar-refractivity contribution in [1.29, 1.82) is 0 Å². The highest BCUT2D eigenvalue weighted by molar-refractivity contribution is 9.09. The second-order valence-corrected chi connectivity index (χ2v) is 9.44. The summed E-state index contributed by atoms with van der Waals surface area (Å²) < 4.78 is 41.0. The fourth-order valence-corrected chi connectivity index (χ4v) is 5.15. The number of ketones is 2. The van der Waals surface area contributed by atoms with Crippen molar-refractivity contribution in [3.63, 3.8) is 0 Å². The average Bonchev–Trinajstić information content (AvgIpc) is 2.60. The van der Waals surface area contributed by atoms with Gasteiger partial charge in [0.15, 0.2) is 0 Å². The molecule has 0 amide bonds. The third-order valence-corrected chi connectivity index (χ3v) is 6.71. The van der Waals surface area contributed by atoms with Crippen molar-refractivity contribution < 1.29 is 36.5 Å². The first-order valence-corrected chi connectivity index (χ1v) is 11.2. The van der Waals surface area contributed by atoms with Crippen LogP contribution in [-0.4, -0.2) is 49.8 Å². The lowest BCUT2D eigenvalue weighted by Gasteiger charge is -2.42. The Kier molecular flexibility index (Phi) is 7.72. The average molecular weight is 491 g/mol. The Balaban J connectivity index is 2.29. The Morgan fingerprint density at radius 3 is 2.07 bits per heavy atom. The largest absolute Gasteiger partial charge is 0.459 e. The van der Waals surface area contributed by atoms with E-state index in [1.165, 1.54) is 26.0 Å². The number of rotatable bonds is 7. The smallest absolute Gasteiger partial charge is 0.303 e. The number of Topliss-reactive ketones (excluding diaryl/α,β-unsaturated/α-hetero) is 2. The van der Waals surface area contributed by atoms with Crippen molar-refractivity contribution in [3.05, 3.63) is 29.8 Å². The number of aryl methyl sites for hydroxylation is 1. The molecule has 0 aromatic heterocycles. The third-order valence-electron chi connectivity index (χ3n) is 4.63. The monoisotopic (exact) mass is 490 g/mol. The van der Waals surface area contributed by atoms with Crippen LogP contribution in [0.15, 0.2) is 29.2 Å². The summed E-state index contributed by atoms with van der Waals surface area (Å²) in [5.74, 6) is -3.27. The fourth-order valence-electron chi connectivity index (χ4n) is 3.25. The molecule has 1 heterocycles. The second kappa shape index (κ2) is 9.46. The van der Waals surface area contributed by atoms with Crippen LogP contribution in [0.25, 0.3) is 0 Å². The van der Waals surface area contributed by atoms with E-state index in [0.717, 1.165) is 12.5 Å². The van der Waals surface area contributed by atoms with Crippen LogP contribution in [0.5, 0.6) is 0 Å². The molecule has 0 radical (unpaired) electrons. The number of hydrogen-bond donors (Lipinski definition) is 0. The van der Waals surface area contributed by atoms with Gasteiger partial charge in [-0.2, -0.15) is 8.42 Å². The molecule has 1 aromatic rings. The maximum Gasteiger partial charge on any atom is 0.303 e. The third kappa shape index (κ3) is 5.71. The molecular formula is C19H23BrO8S. The topological polar surface area (TPSA) is 113 Å². The molecule has 1 fully saturated rings. The Morgan fingerprint density at radius 1 is 1.03 bits per heavy atom. The van der Waals surface area contributed by atoms with Crippen molar-refractivity contribution in [1.82, 2.24) is 0 Å². The number of hydrogen-bond acceptors (Lipinski definition) is 8. The molecule has 0 bridgehead atoms. The number of esters is 1. The molecule has 10 heteroatoms. The zero-order valence-corrected chi connectivity index (χ0v) is 18.9. The summed E-state index contributed by atoms with van der Waals surface area (Å²) in [6, 6.07) is 6.08. The van der Waals surface area contributed by atoms with Crippen molar-refractivity contribution in [2.45, 2.75) is 49.8 Å². The van der Waals surface area contributed by atoms with Crippen molar-refractivity contribution in [2.24, 2.45) is 11.8 Å². The highest BCUT2D eigenvalue weighted by atomic mass is 79.9. The summed E-state index contributed by atoms with van der Waals surface area (Å²) in [5, 5.41) is -0.864. The molecule has 0 unspecified atom stereocenters. The molecule has 0 N–H and O–H groups in total. The summed E-state index contributed by atoms with van der Waals surface area (Å²) in [6.45, 7) is 5.07. The summed E-state index contributed by atoms with van der Waals surface area (Å²) in [5.41, 5.74) is 0.885. The standard InChI is InChI=1S/C19H23BrO8S/c1-10-5-7-14(8-6-10)29(24,25)26-9-15-18(27-13(4)23)16(11(2)21)17(12(3)22)19(20)28-15/h5-8,15-19H,9H2,1-4H3/t15-,16-,17-,18+,19+/m1/s1. The molecule has 160 valence electrons. The van der Waals surface area contributed by atoms with Gasteiger partial charge in [0.25, 0.3) is 10.1 Å². The molecule has 0 aliphatic carbocycles. The minimum Gasteiger partial charge on any atom is -0.459 e. The van der Waals surface area contributed by atoms with Gasteiger partial charge in [0.05, 0.1) is 23.3 Å². The predicted molar refractivity (Wildman–Crippen MR) is 106 cm³/mol. The quantitative estimate of drug-likeness (QED) is 0.324. The Hall–Kier alpha value is -1.62. The lowest BCUT2D eigenvalue weighted by molar-refractivity contribution is -0.190. The zero-order valence-electron chi connectivity index (χ0n) is 16.5. The van der Waals surface area contributed by atoms with Gasteiger partial charge in [-0.05, 0) is 32.9 Å². The minimum atomic E-state index is -4.10. The molecule has 1 aromatic carbocycles. The number of ether oxygens (including phenoxy) is 2. The Labute approximate surface area is 178 Å². The number of benzene rings is 1. The lowest BCUT2D eigenvalue weighted by Crippen LogP contribution is -2.56. The molecule has 8 nitrogen and oxygen atoms in total. The van der Waals surface area contributed by atoms with E-state index in [0.29, 0.717) is 0 Å². The molecular weight excluding hydrogens is 468 g/mol. The van der Waals surface area contributed by atoms with Crippen LogP contribution in [0, 0.1) is 18.8 Å². The van der Waals surface area contributed by atoms with Gasteiger partial charge in [-0.1, -0.05) is 33.6 Å².